The SMILES string of the molecule is CN(C1CCSC1)S(=O)(=O)c1cccnc1NN. The molecule has 1 atom stereocenters. The number of nitrogen functional groups attached to an aromatic ring is 1. The number of hydrogen-bond acceptors (Lipinski definition) is 6. The molecule has 0 spiro atoms. The Labute approximate surface area is 111 Å². The highest BCUT2D eigenvalue weighted by atomic mass is 32.2. The van der Waals surface area contributed by atoms with Crippen LogP contribution >= 0.6 is 11.8 Å². The Balaban J connectivity index is 2.35. The van der Waals surface area contributed by atoms with E-state index in [1.165, 1.54) is 16.6 Å². The molecule has 1 aliphatic rings. The Bertz CT molecular complexity index is 514. The van der Waals surface area contributed by atoms with E-state index in [4.69, 9.17) is 5.84 Å². The molecule has 0 bridgehead atoms. The Hall–Kier alpha value is -0.830. The number of pyridine rings is 1. The van der Waals surface area contributed by atoms with Gasteiger partial charge >= 0.3 is 0 Å². The second kappa shape index (κ2) is 5.43. The lowest BCUT2D eigenvalue weighted by Crippen LogP contribution is -2.37. The van der Waals surface area contributed by atoms with Gasteiger partial charge in [-0.3, -0.25) is 0 Å². The maximum Gasteiger partial charge on any atom is 0.246 e. The van der Waals surface area contributed by atoms with Gasteiger partial charge in [0.2, 0.25) is 10.0 Å². The van der Waals surface area contributed by atoms with Crippen molar-refractivity contribution in [3.63, 3.8) is 0 Å². The summed E-state index contributed by atoms with van der Waals surface area (Å²) in [5.74, 6) is 7.31. The highest BCUT2D eigenvalue weighted by Crippen LogP contribution is 2.28. The van der Waals surface area contributed by atoms with Crippen molar-refractivity contribution in [3.05, 3.63) is 18.3 Å². The fourth-order valence-corrected chi connectivity index (χ4v) is 4.72. The normalized spacial score (nSPS) is 20.3. The third-order valence-corrected chi connectivity index (χ3v) is 6.07. The van der Waals surface area contributed by atoms with Gasteiger partial charge in [0, 0.05) is 25.0 Å². The van der Waals surface area contributed by atoms with Crippen molar-refractivity contribution in [2.45, 2.75) is 17.4 Å². The van der Waals surface area contributed by atoms with Crippen LogP contribution in [0.15, 0.2) is 23.2 Å². The Morgan fingerprint density at radius 3 is 3.00 bits per heavy atom. The lowest BCUT2D eigenvalue weighted by Gasteiger charge is -2.23. The first-order valence-corrected chi connectivity index (χ1v) is 8.14. The van der Waals surface area contributed by atoms with Crippen LogP contribution in [0.3, 0.4) is 0 Å². The van der Waals surface area contributed by atoms with E-state index >= 15 is 0 Å². The van der Waals surface area contributed by atoms with E-state index in [1.807, 2.05) is 0 Å². The van der Waals surface area contributed by atoms with Crippen LogP contribution in [0.2, 0.25) is 0 Å². The van der Waals surface area contributed by atoms with Gasteiger partial charge in [-0.05, 0) is 24.3 Å². The molecule has 2 rings (SSSR count). The summed E-state index contributed by atoms with van der Waals surface area (Å²) in [7, 11) is -1.94. The van der Waals surface area contributed by atoms with Crippen LogP contribution in [0.4, 0.5) is 5.82 Å². The van der Waals surface area contributed by atoms with Crippen molar-refractivity contribution in [2.24, 2.45) is 5.84 Å². The van der Waals surface area contributed by atoms with Crippen LogP contribution in [0.5, 0.6) is 0 Å². The van der Waals surface area contributed by atoms with Crippen LogP contribution in [-0.4, -0.2) is 42.3 Å². The van der Waals surface area contributed by atoms with E-state index in [0.29, 0.717) is 0 Å². The van der Waals surface area contributed by atoms with Crippen molar-refractivity contribution < 1.29 is 8.42 Å². The zero-order valence-electron chi connectivity index (χ0n) is 10.0. The number of rotatable bonds is 4. The molecule has 0 aromatic carbocycles. The molecule has 0 radical (unpaired) electrons. The molecule has 1 aromatic heterocycles. The third-order valence-electron chi connectivity index (χ3n) is 2.98. The van der Waals surface area contributed by atoms with Crippen molar-refractivity contribution >= 4 is 27.6 Å². The number of anilines is 1. The van der Waals surface area contributed by atoms with E-state index in [1.54, 1.807) is 24.9 Å². The number of hydrazine groups is 1. The quantitative estimate of drug-likeness (QED) is 0.619. The molecule has 1 unspecified atom stereocenters. The van der Waals surface area contributed by atoms with Gasteiger partial charge < -0.3 is 5.43 Å². The van der Waals surface area contributed by atoms with E-state index in [2.05, 4.69) is 10.4 Å². The number of sulfonamides is 1. The van der Waals surface area contributed by atoms with Gasteiger partial charge in [-0.2, -0.15) is 16.1 Å². The van der Waals surface area contributed by atoms with Crippen LogP contribution in [-0.2, 0) is 10.0 Å². The molecule has 6 nitrogen and oxygen atoms in total. The Morgan fingerprint density at radius 1 is 1.61 bits per heavy atom. The standard InChI is InChI=1S/C10H16N4O2S2/c1-14(8-4-6-17-7-8)18(15,16)9-3-2-5-12-10(9)13-11/h2-3,5,8H,4,6-7,11H2,1H3,(H,12,13). The zero-order valence-corrected chi connectivity index (χ0v) is 11.7. The van der Waals surface area contributed by atoms with Crippen LogP contribution in [0, 0.1) is 0 Å². The van der Waals surface area contributed by atoms with Crippen LogP contribution in [0.25, 0.3) is 0 Å². The first-order chi connectivity index (χ1) is 8.57. The summed E-state index contributed by atoms with van der Waals surface area (Å²) >= 11 is 1.77. The smallest absolute Gasteiger partial charge is 0.246 e. The minimum Gasteiger partial charge on any atom is -0.307 e. The number of hydrogen-bond donors (Lipinski definition) is 2. The summed E-state index contributed by atoms with van der Waals surface area (Å²) in [5.41, 5.74) is 2.32. The summed E-state index contributed by atoms with van der Waals surface area (Å²) in [4.78, 5) is 4.04. The zero-order chi connectivity index (χ0) is 13.2. The first kappa shape index (κ1) is 13.6. The average molecular weight is 288 g/mol. The van der Waals surface area contributed by atoms with Crippen LogP contribution < -0.4 is 11.3 Å². The fourth-order valence-electron chi connectivity index (χ4n) is 1.87. The number of nitrogens with two attached hydrogens (primary N) is 1. The lowest BCUT2D eigenvalue weighted by atomic mass is 10.3. The molecule has 1 fully saturated rings. The maximum absolute atomic E-state index is 12.5. The van der Waals surface area contributed by atoms with E-state index in [0.717, 1.165) is 17.9 Å². The molecule has 1 saturated heterocycles. The van der Waals surface area contributed by atoms with Gasteiger partial charge in [0.15, 0.2) is 5.82 Å². The minimum atomic E-state index is -3.55. The third kappa shape index (κ3) is 2.46. The van der Waals surface area contributed by atoms with Crippen molar-refractivity contribution in [1.29, 1.82) is 0 Å². The number of aromatic nitrogens is 1. The highest BCUT2D eigenvalue weighted by Gasteiger charge is 2.32. The van der Waals surface area contributed by atoms with Gasteiger partial charge in [0.25, 0.3) is 0 Å². The van der Waals surface area contributed by atoms with Crippen molar-refractivity contribution in [1.82, 2.24) is 9.29 Å². The van der Waals surface area contributed by atoms with E-state index in [-0.39, 0.29) is 16.8 Å². The minimum absolute atomic E-state index is 0.0471. The predicted molar refractivity (Wildman–Crippen MR) is 72.7 cm³/mol. The Kier molecular flexibility index (Phi) is 4.10. The van der Waals surface area contributed by atoms with E-state index < -0.39 is 10.0 Å². The summed E-state index contributed by atoms with van der Waals surface area (Å²) < 4.78 is 26.4. The molecule has 3 N–H and O–H groups in total. The van der Waals surface area contributed by atoms with Gasteiger partial charge in [-0.15, -0.1) is 0 Å². The topological polar surface area (TPSA) is 88.3 Å². The molecule has 2 heterocycles. The molecule has 100 valence electrons. The molecular formula is C10H16N4O2S2. The summed E-state index contributed by atoms with van der Waals surface area (Å²) in [5, 5.41) is 0. The second-order valence-electron chi connectivity index (χ2n) is 4.03. The monoisotopic (exact) mass is 288 g/mol. The second-order valence-corrected chi connectivity index (χ2v) is 7.15. The molecule has 8 heteroatoms. The number of thioether (sulfide) groups is 1. The van der Waals surface area contributed by atoms with Crippen molar-refractivity contribution in [2.75, 3.05) is 24.0 Å². The molecular weight excluding hydrogens is 272 g/mol. The summed E-state index contributed by atoms with van der Waals surface area (Å²) in [6.45, 7) is 0. The molecule has 0 amide bonds. The maximum atomic E-state index is 12.5. The van der Waals surface area contributed by atoms with Gasteiger partial charge in [-0.1, -0.05) is 0 Å². The predicted octanol–water partition coefficient (Wildman–Crippen LogP) is 0.493. The molecule has 0 aliphatic carbocycles. The van der Waals surface area contributed by atoms with Gasteiger partial charge in [0.1, 0.15) is 4.90 Å². The molecule has 18 heavy (non-hydrogen) atoms. The van der Waals surface area contributed by atoms with Gasteiger partial charge in [-0.25, -0.2) is 19.2 Å². The lowest BCUT2D eigenvalue weighted by molar-refractivity contribution is 0.394. The molecule has 1 aromatic rings. The molecule has 0 saturated carbocycles. The first-order valence-electron chi connectivity index (χ1n) is 5.55. The summed E-state index contributed by atoms with van der Waals surface area (Å²) in [6.07, 6.45) is 2.38. The van der Waals surface area contributed by atoms with E-state index in [9.17, 15) is 8.42 Å². The van der Waals surface area contributed by atoms with Gasteiger partial charge in [0.05, 0.1) is 0 Å². The average Bonchev–Trinajstić information content (AvgIpc) is 2.91. The Morgan fingerprint density at radius 2 is 2.39 bits per heavy atom. The highest BCUT2D eigenvalue weighted by molar-refractivity contribution is 7.99. The fraction of sp³-hybridized carbons (Fsp3) is 0.500. The van der Waals surface area contributed by atoms with Crippen LogP contribution in [0.1, 0.15) is 6.42 Å². The number of nitrogens with one attached hydrogen (secondary N) is 1. The largest absolute Gasteiger partial charge is 0.307 e. The number of nitrogens with zero attached hydrogens (tertiary/aromatic N) is 2. The molecule has 1 aliphatic heterocycles. The summed E-state index contributed by atoms with van der Waals surface area (Å²) in [6, 6.07) is 3.15. The van der Waals surface area contributed by atoms with Crippen molar-refractivity contribution in [3.8, 4) is 0 Å².